The zero-order chi connectivity index (χ0) is 27.4. The number of aliphatic hydroxyl groups is 1. The quantitative estimate of drug-likeness (QED) is 0.0935. The summed E-state index contributed by atoms with van der Waals surface area (Å²) in [5.41, 5.74) is -0.626. The molecule has 1 aliphatic rings. The van der Waals surface area contributed by atoms with Gasteiger partial charge in [0.25, 0.3) is 0 Å². The molecule has 1 unspecified atom stereocenters. The molecule has 0 bridgehead atoms. The van der Waals surface area contributed by atoms with Crippen molar-refractivity contribution in [3.8, 4) is 0 Å². The topological polar surface area (TPSA) is 63.8 Å². The summed E-state index contributed by atoms with van der Waals surface area (Å²) in [4.78, 5) is 14.4. The lowest BCUT2D eigenvalue weighted by Crippen LogP contribution is -2.59. The van der Waals surface area contributed by atoms with Crippen molar-refractivity contribution < 1.29 is 19.6 Å². The lowest BCUT2D eigenvalue weighted by molar-refractivity contribution is -0.681. The first kappa shape index (κ1) is 34.1. The Morgan fingerprint density at radius 3 is 1.73 bits per heavy atom. The van der Waals surface area contributed by atoms with Gasteiger partial charge < -0.3 is 10.2 Å². The molecule has 37 heavy (non-hydrogen) atoms. The van der Waals surface area contributed by atoms with Gasteiger partial charge in [0.05, 0.1) is 13.2 Å². The maximum absolute atomic E-state index is 12.1. The molecule has 0 aromatic rings. The van der Waals surface area contributed by atoms with Crippen molar-refractivity contribution in [1.29, 1.82) is 0 Å². The number of β-amino-alcohol motifs (C(OH)–C–C–N with tert-alkyl or cyclic N) is 1. The Kier molecular flexibility index (Phi) is 18.5. The van der Waals surface area contributed by atoms with Gasteiger partial charge in [0.2, 0.25) is 5.66 Å². The minimum atomic E-state index is -0.738. The summed E-state index contributed by atoms with van der Waals surface area (Å²) in [5, 5.41) is 19.8. The highest BCUT2D eigenvalue weighted by Crippen LogP contribution is 2.37. The smallest absolute Gasteiger partial charge is 0.312 e. The Morgan fingerprint density at radius 2 is 1.27 bits per heavy atom. The van der Waals surface area contributed by atoms with Crippen molar-refractivity contribution in [3.05, 3.63) is 0 Å². The molecule has 0 fully saturated rings. The average molecular weight is 524 g/mol. The van der Waals surface area contributed by atoms with Crippen LogP contribution in [0.2, 0.25) is 0 Å². The van der Waals surface area contributed by atoms with Gasteiger partial charge in [-0.2, -0.15) is 0 Å². The van der Waals surface area contributed by atoms with Gasteiger partial charge in [-0.05, 0) is 26.7 Å². The van der Waals surface area contributed by atoms with Crippen LogP contribution in [0.3, 0.4) is 0 Å². The molecule has 0 spiro atoms. The molecule has 0 amide bonds. The SMILES string of the molecule is CCCCCCCCCCCC(C)(C)[N+]1=CCN(CCO)C1(CCCCCCCCCCC)CC(=O)O. The lowest BCUT2D eigenvalue weighted by atomic mass is 9.88. The van der Waals surface area contributed by atoms with E-state index >= 15 is 0 Å². The number of hydrogen-bond acceptors (Lipinski definition) is 3. The standard InChI is InChI=1S/C32H62N2O3/c1-5-7-9-11-13-15-17-19-21-23-31(3,4)34-26-25-33(27-28-35)32(34,29-30(36)37)24-22-20-18-16-14-12-10-8-6-2/h26,35H,5-25,27-29H2,1-4H3/p+1. The number of nitrogens with zero attached hydrogens (tertiary/aromatic N) is 2. The highest BCUT2D eigenvalue weighted by Gasteiger charge is 2.56. The number of hydrogen-bond donors (Lipinski definition) is 2. The Bertz CT molecular complexity index is 619. The lowest BCUT2D eigenvalue weighted by Gasteiger charge is -2.39. The molecule has 5 heteroatoms. The Morgan fingerprint density at radius 1 is 0.811 bits per heavy atom. The number of unbranched alkanes of at least 4 members (excludes halogenated alkanes) is 16. The van der Waals surface area contributed by atoms with Gasteiger partial charge in [-0.3, -0.25) is 4.79 Å². The van der Waals surface area contributed by atoms with Crippen molar-refractivity contribution in [3.63, 3.8) is 0 Å². The van der Waals surface area contributed by atoms with E-state index in [1.54, 1.807) is 0 Å². The average Bonchev–Trinajstić information content (AvgIpc) is 3.20. The fraction of sp³-hybridized carbons (Fsp3) is 0.938. The fourth-order valence-corrected chi connectivity index (χ4v) is 6.42. The molecule has 0 aromatic heterocycles. The number of aliphatic carboxylic acids is 1. The monoisotopic (exact) mass is 523 g/mol. The molecule has 2 N–H and O–H groups in total. The molecule has 1 rings (SSSR count). The highest BCUT2D eigenvalue weighted by atomic mass is 16.4. The Balaban J connectivity index is 2.67. The van der Waals surface area contributed by atoms with Crippen molar-refractivity contribution in [2.45, 2.75) is 174 Å². The van der Waals surface area contributed by atoms with Crippen LogP contribution in [0, 0.1) is 0 Å². The van der Waals surface area contributed by atoms with Gasteiger partial charge in [0.15, 0.2) is 11.8 Å². The maximum Gasteiger partial charge on any atom is 0.312 e. The molecule has 5 nitrogen and oxygen atoms in total. The molecule has 0 saturated heterocycles. The summed E-state index contributed by atoms with van der Waals surface area (Å²) in [6, 6.07) is 0. The van der Waals surface area contributed by atoms with Crippen LogP contribution in [0.4, 0.5) is 0 Å². The van der Waals surface area contributed by atoms with Crippen LogP contribution in [-0.2, 0) is 4.79 Å². The first-order valence-corrected chi connectivity index (χ1v) is 16.0. The number of carboxylic acid groups (broad SMARTS) is 1. The predicted octanol–water partition coefficient (Wildman–Crippen LogP) is 8.17. The van der Waals surface area contributed by atoms with Crippen molar-refractivity contribution in [2.75, 3.05) is 19.7 Å². The molecule has 0 aliphatic carbocycles. The molecule has 1 aliphatic heterocycles. The molecular weight excluding hydrogens is 460 g/mol. The summed E-state index contributed by atoms with van der Waals surface area (Å²) < 4.78 is 2.40. The maximum atomic E-state index is 12.1. The van der Waals surface area contributed by atoms with E-state index in [2.05, 4.69) is 43.4 Å². The van der Waals surface area contributed by atoms with E-state index in [-0.39, 0.29) is 18.6 Å². The molecular formula is C32H63N2O3+. The van der Waals surface area contributed by atoms with E-state index in [0.717, 1.165) is 32.2 Å². The van der Waals surface area contributed by atoms with Gasteiger partial charge in [0, 0.05) is 19.4 Å². The minimum absolute atomic E-state index is 0.0689. The summed E-state index contributed by atoms with van der Waals surface area (Å²) in [7, 11) is 0. The molecule has 1 atom stereocenters. The highest BCUT2D eigenvalue weighted by molar-refractivity contribution is 5.69. The third kappa shape index (κ3) is 13.1. The van der Waals surface area contributed by atoms with E-state index in [0.29, 0.717) is 6.54 Å². The number of carbonyl (C=O) groups is 1. The van der Waals surface area contributed by atoms with Gasteiger partial charge >= 0.3 is 5.97 Å². The minimum Gasteiger partial charge on any atom is -0.481 e. The van der Waals surface area contributed by atoms with Gasteiger partial charge in [0.1, 0.15) is 6.42 Å². The van der Waals surface area contributed by atoms with E-state index in [1.165, 1.54) is 103 Å². The second-order valence-corrected chi connectivity index (χ2v) is 12.2. The van der Waals surface area contributed by atoms with Crippen LogP contribution < -0.4 is 0 Å². The Hall–Kier alpha value is -0.940. The first-order chi connectivity index (χ1) is 17.8. The van der Waals surface area contributed by atoms with Crippen molar-refractivity contribution in [2.24, 2.45) is 0 Å². The number of rotatable bonds is 25. The third-order valence-corrected chi connectivity index (χ3v) is 8.55. The van der Waals surface area contributed by atoms with Crippen LogP contribution in [0.25, 0.3) is 0 Å². The number of carboxylic acids is 1. The normalized spacial score (nSPS) is 18.5. The van der Waals surface area contributed by atoms with E-state index < -0.39 is 11.6 Å². The van der Waals surface area contributed by atoms with Crippen LogP contribution in [0.1, 0.15) is 163 Å². The zero-order valence-corrected chi connectivity index (χ0v) is 25.2. The molecule has 1 heterocycles. The molecule has 0 aromatic carbocycles. The largest absolute Gasteiger partial charge is 0.481 e. The number of aliphatic hydroxyl groups excluding tert-OH is 1. The molecule has 0 radical (unpaired) electrons. The summed E-state index contributed by atoms with van der Waals surface area (Å²) >= 11 is 0. The van der Waals surface area contributed by atoms with Crippen molar-refractivity contribution in [1.82, 2.24) is 4.90 Å². The van der Waals surface area contributed by atoms with E-state index in [9.17, 15) is 15.0 Å². The summed E-state index contributed by atoms with van der Waals surface area (Å²) in [5.74, 6) is -0.738. The second-order valence-electron chi connectivity index (χ2n) is 12.2. The van der Waals surface area contributed by atoms with E-state index in [4.69, 9.17) is 0 Å². The van der Waals surface area contributed by atoms with Crippen LogP contribution in [-0.4, -0.2) is 62.8 Å². The zero-order valence-electron chi connectivity index (χ0n) is 25.2. The predicted molar refractivity (Wildman–Crippen MR) is 158 cm³/mol. The fourth-order valence-electron chi connectivity index (χ4n) is 6.42. The van der Waals surface area contributed by atoms with Gasteiger partial charge in [-0.1, -0.05) is 117 Å². The third-order valence-electron chi connectivity index (χ3n) is 8.55. The van der Waals surface area contributed by atoms with Crippen LogP contribution >= 0.6 is 0 Å². The van der Waals surface area contributed by atoms with Gasteiger partial charge in [-0.25, -0.2) is 9.48 Å². The van der Waals surface area contributed by atoms with Crippen LogP contribution in [0.5, 0.6) is 0 Å². The molecule has 0 saturated carbocycles. The van der Waals surface area contributed by atoms with Crippen LogP contribution in [0.15, 0.2) is 0 Å². The molecule has 218 valence electrons. The van der Waals surface area contributed by atoms with Gasteiger partial charge in [-0.15, -0.1) is 0 Å². The second kappa shape index (κ2) is 20.0. The van der Waals surface area contributed by atoms with Crippen molar-refractivity contribution >= 4 is 12.2 Å². The first-order valence-electron chi connectivity index (χ1n) is 16.0. The summed E-state index contributed by atoms with van der Waals surface area (Å²) in [6.07, 6.45) is 27.5. The Labute approximate surface area is 230 Å². The summed E-state index contributed by atoms with van der Waals surface area (Å²) in [6.45, 7) is 10.4. The van der Waals surface area contributed by atoms with E-state index in [1.807, 2.05) is 0 Å².